The van der Waals surface area contributed by atoms with Gasteiger partial charge in [0.2, 0.25) is 5.91 Å². The highest BCUT2D eigenvalue weighted by molar-refractivity contribution is 5.79. The van der Waals surface area contributed by atoms with E-state index in [2.05, 4.69) is 4.90 Å². The van der Waals surface area contributed by atoms with E-state index in [0.717, 1.165) is 65.2 Å². The second-order valence-corrected chi connectivity index (χ2v) is 5.57. The molecule has 110 valence electrons. The van der Waals surface area contributed by atoms with Crippen LogP contribution in [0.2, 0.25) is 0 Å². The van der Waals surface area contributed by atoms with Gasteiger partial charge in [-0.2, -0.15) is 0 Å². The van der Waals surface area contributed by atoms with Gasteiger partial charge in [0, 0.05) is 51.9 Å². The molecule has 0 aliphatic carbocycles. The Bertz CT molecular complexity index is 284. The Morgan fingerprint density at radius 1 is 1.26 bits per heavy atom. The molecule has 1 atom stereocenters. The van der Waals surface area contributed by atoms with Gasteiger partial charge in [0.15, 0.2) is 0 Å². The van der Waals surface area contributed by atoms with Crippen molar-refractivity contribution in [3.63, 3.8) is 0 Å². The van der Waals surface area contributed by atoms with Crippen LogP contribution in [0.3, 0.4) is 0 Å². The van der Waals surface area contributed by atoms with Gasteiger partial charge in [-0.15, -0.1) is 0 Å². The van der Waals surface area contributed by atoms with Crippen LogP contribution in [0.25, 0.3) is 0 Å². The van der Waals surface area contributed by atoms with Crippen molar-refractivity contribution in [3.05, 3.63) is 0 Å². The zero-order valence-electron chi connectivity index (χ0n) is 11.9. The molecular weight excluding hydrogens is 244 g/mol. The highest BCUT2D eigenvalue weighted by atomic mass is 16.5. The summed E-state index contributed by atoms with van der Waals surface area (Å²) in [7, 11) is 0. The van der Waals surface area contributed by atoms with E-state index in [4.69, 9.17) is 4.74 Å². The third-order valence-electron chi connectivity index (χ3n) is 4.19. The van der Waals surface area contributed by atoms with Crippen molar-refractivity contribution in [3.8, 4) is 0 Å². The first-order valence-electron chi connectivity index (χ1n) is 7.47. The molecule has 19 heavy (non-hydrogen) atoms. The number of hydrogen-bond acceptors (Lipinski definition) is 4. The largest absolute Gasteiger partial charge is 0.392 e. The number of carbonyl (C=O) groups excluding carboxylic acids is 1. The first-order chi connectivity index (χ1) is 9.20. The predicted molar refractivity (Wildman–Crippen MR) is 72.9 cm³/mol. The maximum atomic E-state index is 12.3. The van der Waals surface area contributed by atoms with Crippen LogP contribution in [0.4, 0.5) is 0 Å². The number of amides is 1. The van der Waals surface area contributed by atoms with Gasteiger partial charge in [0.1, 0.15) is 0 Å². The van der Waals surface area contributed by atoms with Gasteiger partial charge in [-0.05, 0) is 19.3 Å². The number of β-amino-alcohol motifs (C(OH)–C–C–N with tert-alkyl or cyclic N) is 1. The fraction of sp³-hybridized carbons (Fsp3) is 0.929. The smallest absolute Gasteiger partial charge is 0.225 e. The molecule has 2 saturated heterocycles. The molecule has 2 aliphatic heterocycles. The lowest BCUT2D eigenvalue weighted by Crippen LogP contribution is -2.52. The zero-order chi connectivity index (χ0) is 13.7. The summed E-state index contributed by atoms with van der Waals surface area (Å²) >= 11 is 0. The van der Waals surface area contributed by atoms with Crippen molar-refractivity contribution in [2.45, 2.75) is 32.3 Å². The van der Waals surface area contributed by atoms with Gasteiger partial charge in [0.25, 0.3) is 0 Å². The maximum Gasteiger partial charge on any atom is 0.225 e. The van der Waals surface area contributed by atoms with Crippen molar-refractivity contribution in [1.82, 2.24) is 9.80 Å². The normalized spacial score (nSPS) is 24.4. The van der Waals surface area contributed by atoms with Crippen LogP contribution in [-0.4, -0.2) is 72.9 Å². The van der Waals surface area contributed by atoms with Gasteiger partial charge in [-0.3, -0.25) is 9.69 Å². The van der Waals surface area contributed by atoms with Crippen molar-refractivity contribution >= 4 is 5.91 Å². The Balaban J connectivity index is 1.74. The van der Waals surface area contributed by atoms with Crippen LogP contribution < -0.4 is 0 Å². The number of ether oxygens (including phenoxy) is 1. The second kappa shape index (κ2) is 7.22. The summed E-state index contributed by atoms with van der Waals surface area (Å²) in [6, 6.07) is 0. The van der Waals surface area contributed by atoms with E-state index in [-0.39, 0.29) is 12.0 Å². The number of aliphatic hydroxyl groups is 1. The number of piperazine rings is 1. The minimum absolute atomic E-state index is 0.168. The fourth-order valence-electron chi connectivity index (χ4n) is 2.78. The summed E-state index contributed by atoms with van der Waals surface area (Å²) in [6.45, 7) is 7.53. The first-order valence-corrected chi connectivity index (χ1v) is 7.47. The van der Waals surface area contributed by atoms with E-state index in [9.17, 15) is 9.90 Å². The quantitative estimate of drug-likeness (QED) is 0.800. The van der Waals surface area contributed by atoms with Crippen LogP contribution >= 0.6 is 0 Å². The highest BCUT2D eigenvalue weighted by Gasteiger charge is 2.28. The Morgan fingerprint density at radius 3 is 2.47 bits per heavy atom. The average molecular weight is 270 g/mol. The van der Waals surface area contributed by atoms with Crippen LogP contribution in [0.15, 0.2) is 0 Å². The molecule has 0 saturated carbocycles. The Hall–Kier alpha value is -0.650. The maximum absolute atomic E-state index is 12.3. The van der Waals surface area contributed by atoms with Crippen molar-refractivity contribution < 1.29 is 14.6 Å². The standard InChI is InChI=1S/C14H26N2O3/c1-2-13(17)11-15-5-7-16(8-6-15)14(18)12-3-9-19-10-4-12/h12-13,17H,2-11H2,1H3. The number of carbonyl (C=O) groups is 1. The molecule has 0 spiro atoms. The molecule has 1 unspecified atom stereocenters. The van der Waals surface area contributed by atoms with E-state index in [1.165, 1.54) is 0 Å². The van der Waals surface area contributed by atoms with E-state index in [1.54, 1.807) is 0 Å². The molecule has 0 aromatic rings. The van der Waals surface area contributed by atoms with Gasteiger partial charge in [0.05, 0.1) is 6.10 Å². The van der Waals surface area contributed by atoms with E-state index < -0.39 is 0 Å². The van der Waals surface area contributed by atoms with Crippen LogP contribution in [0, 0.1) is 5.92 Å². The average Bonchev–Trinajstić information content (AvgIpc) is 2.48. The lowest BCUT2D eigenvalue weighted by atomic mass is 9.98. The number of aliphatic hydroxyl groups excluding tert-OH is 1. The predicted octanol–water partition coefficient (Wildman–Crippen LogP) is 0.328. The van der Waals surface area contributed by atoms with Crippen molar-refractivity contribution in [2.75, 3.05) is 45.9 Å². The molecule has 0 aromatic carbocycles. The zero-order valence-corrected chi connectivity index (χ0v) is 11.9. The number of rotatable bonds is 4. The molecule has 2 fully saturated rings. The molecule has 5 nitrogen and oxygen atoms in total. The van der Waals surface area contributed by atoms with Crippen LogP contribution in [-0.2, 0) is 9.53 Å². The molecule has 0 aromatic heterocycles. The Kier molecular flexibility index (Phi) is 5.60. The summed E-state index contributed by atoms with van der Waals surface area (Å²) in [5.74, 6) is 0.473. The lowest BCUT2D eigenvalue weighted by molar-refractivity contribution is -0.140. The lowest BCUT2D eigenvalue weighted by Gasteiger charge is -2.37. The molecule has 1 N–H and O–H groups in total. The first kappa shape index (κ1) is 14.8. The third-order valence-corrected chi connectivity index (χ3v) is 4.19. The van der Waals surface area contributed by atoms with Gasteiger partial charge in [-0.25, -0.2) is 0 Å². The monoisotopic (exact) mass is 270 g/mol. The van der Waals surface area contributed by atoms with Crippen LogP contribution in [0.5, 0.6) is 0 Å². The molecule has 1 amide bonds. The highest BCUT2D eigenvalue weighted by Crippen LogP contribution is 2.18. The third kappa shape index (κ3) is 4.16. The van der Waals surface area contributed by atoms with E-state index in [0.29, 0.717) is 5.91 Å². The number of hydrogen-bond donors (Lipinski definition) is 1. The molecule has 0 radical (unpaired) electrons. The van der Waals surface area contributed by atoms with Crippen molar-refractivity contribution in [1.29, 1.82) is 0 Å². The summed E-state index contributed by atoms with van der Waals surface area (Å²) in [5, 5.41) is 9.65. The Labute approximate surface area is 115 Å². The molecular formula is C14H26N2O3. The molecule has 2 heterocycles. The second-order valence-electron chi connectivity index (χ2n) is 5.57. The van der Waals surface area contributed by atoms with Gasteiger partial charge >= 0.3 is 0 Å². The summed E-state index contributed by atoms with van der Waals surface area (Å²) in [6.07, 6.45) is 2.29. The minimum Gasteiger partial charge on any atom is -0.392 e. The number of nitrogens with zero attached hydrogens (tertiary/aromatic N) is 2. The Morgan fingerprint density at radius 2 is 1.89 bits per heavy atom. The molecule has 0 bridgehead atoms. The van der Waals surface area contributed by atoms with E-state index in [1.807, 2.05) is 11.8 Å². The van der Waals surface area contributed by atoms with Crippen molar-refractivity contribution in [2.24, 2.45) is 5.92 Å². The topological polar surface area (TPSA) is 53.0 Å². The fourth-order valence-corrected chi connectivity index (χ4v) is 2.78. The molecule has 5 heteroatoms. The molecule has 2 aliphatic rings. The SMILES string of the molecule is CCC(O)CN1CCN(C(=O)C2CCOCC2)CC1. The minimum atomic E-state index is -0.238. The summed E-state index contributed by atoms with van der Waals surface area (Å²) in [5.41, 5.74) is 0. The summed E-state index contributed by atoms with van der Waals surface area (Å²) in [4.78, 5) is 16.6. The van der Waals surface area contributed by atoms with Gasteiger partial charge in [-0.1, -0.05) is 6.92 Å². The summed E-state index contributed by atoms with van der Waals surface area (Å²) < 4.78 is 5.30. The van der Waals surface area contributed by atoms with Crippen LogP contribution in [0.1, 0.15) is 26.2 Å². The van der Waals surface area contributed by atoms with E-state index >= 15 is 0 Å². The molecule has 2 rings (SSSR count). The van der Waals surface area contributed by atoms with Gasteiger partial charge < -0.3 is 14.7 Å².